The second-order valence-corrected chi connectivity index (χ2v) is 11.8. The Morgan fingerprint density at radius 2 is 1.80 bits per heavy atom. The van der Waals surface area contributed by atoms with Crippen molar-refractivity contribution in [2.75, 3.05) is 26.2 Å². The minimum Gasteiger partial charge on any atom is -0.491 e. The van der Waals surface area contributed by atoms with Crippen molar-refractivity contribution in [1.29, 1.82) is 0 Å². The molecular weight excluding hydrogens is 456 g/mol. The van der Waals surface area contributed by atoms with E-state index in [1.807, 2.05) is 21.9 Å². The zero-order valence-corrected chi connectivity index (χ0v) is 22.5. The van der Waals surface area contributed by atoms with Crippen molar-refractivity contribution in [2.24, 2.45) is 11.8 Å². The van der Waals surface area contributed by atoms with Crippen LogP contribution < -0.4 is 4.74 Å². The van der Waals surface area contributed by atoms with Crippen molar-refractivity contribution in [1.82, 2.24) is 9.80 Å². The van der Waals surface area contributed by atoms with E-state index in [2.05, 4.69) is 51.3 Å². The lowest BCUT2D eigenvalue weighted by Crippen LogP contribution is -2.49. The van der Waals surface area contributed by atoms with Gasteiger partial charge in [-0.3, -0.25) is 9.59 Å². The summed E-state index contributed by atoms with van der Waals surface area (Å²) in [6, 6.07) is 10.2. The predicted octanol–water partition coefficient (Wildman–Crippen LogP) is 6.05. The van der Waals surface area contributed by atoms with E-state index in [0.29, 0.717) is 31.5 Å². The number of nitrogens with zero attached hydrogens (tertiary/aromatic N) is 2. The first-order chi connectivity index (χ1) is 16.8. The molecule has 5 nitrogen and oxygen atoms in total. The second-order valence-electron chi connectivity index (χ2n) is 10.8. The summed E-state index contributed by atoms with van der Waals surface area (Å²) in [6.45, 7) is 10.4. The summed E-state index contributed by atoms with van der Waals surface area (Å²) in [6.07, 6.45) is 5.00. The Bertz CT molecular complexity index is 992. The molecule has 190 valence electrons. The highest BCUT2D eigenvalue weighted by molar-refractivity contribution is 7.10. The molecule has 1 saturated carbocycles. The Balaban J connectivity index is 1.48. The standard InChI is InChI=1S/C29H40N2O3S/c1-20(2)17-30(29(33)23-7-5-6-8-23)18-28(32)31-15-13-27-25(14-16-35-27)26(31)19-34-24-11-9-22(10-12-24)21(3)4/h9-12,14,16,20-21,23,26H,5-8,13,15,17-19H2,1-4H3/t26-/m0/s1. The fourth-order valence-corrected chi connectivity index (χ4v) is 6.29. The van der Waals surface area contributed by atoms with Gasteiger partial charge in [-0.1, -0.05) is 52.7 Å². The number of ether oxygens (including phenoxy) is 1. The largest absolute Gasteiger partial charge is 0.491 e. The van der Waals surface area contributed by atoms with Gasteiger partial charge >= 0.3 is 0 Å². The molecule has 1 fully saturated rings. The molecule has 1 aliphatic heterocycles. The zero-order valence-electron chi connectivity index (χ0n) is 21.7. The highest BCUT2D eigenvalue weighted by Gasteiger charge is 2.35. The summed E-state index contributed by atoms with van der Waals surface area (Å²) in [5, 5.41) is 2.11. The van der Waals surface area contributed by atoms with E-state index in [0.717, 1.165) is 37.9 Å². The summed E-state index contributed by atoms with van der Waals surface area (Å²) < 4.78 is 6.22. The van der Waals surface area contributed by atoms with Gasteiger partial charge in [-0.25, -0.2) is 0 Å². The van der Waals surface area contributed by atoms with Crippen LogP contribution in [-0.2, 0) is 16.0 Å². The van der Waals surface area contributed by atoms with Gasteiger partial charge in [-0.05, 0) is 65.8 Å². The molecule has 0 radical (unpaired) electrons. The van der Waals surface area contributed by atoms with E-state index in [9.17, 15) is 9.59 Å². The number of carbonyl (C=O) groups excluding carboxylic acids is 2. The summed E-state index contributed by atoms with van der Waals surface area (Å²) >= 11 is 1.76. The molecule has 0 N–H and O–H groups in total. The Morgan fingerprint density at radius 1 is 1.09 bits per heavy atom. The highest BCUT2D eigenvalue weighted by Crippen LogP contribution is 2.34. The number of thiophene rings is 1. The molecule has 6 heteroatoms. The third-order valence-corrected chi connectivity index (χ3v) is 8.29. The first kappa shape index (κ1) is 25.7. The molecular formula is C29H40N2O3S. The first-order valence-corrected chi connectivity index (χ1v) is 14.1. The van der Waals surface area contributed by atoms with Gasteiger partial charge in [0.25, 0.3) is 0 Å². The van der Waals surface area contributed by atoms with Gasteiger partial charge in [0.2, 0.25) is 11.8 Å². The molecule has 4 rings (SSSR count). The number of benzene rings is 1. The van der Waals surface area contributed by atoms with Crippen molar-refractivity contribution < 1.29 is 14.3 Å². The lowest BCUT2D eigenvalue weighted by Gasteiger charge is -2.37. The quantitative estimate of drug-likeness (QED) is 0.425. The number of hydrogen-bond donors (Lipinski definition) is 0. The maximum absolute atomic E-state index is 13.7. The monoisotopic (exact) mass is 496 g/mol. The summed E-state index contributed by atoms with van der Waals surface area (Å²) in [4.78, 5) is 32.0. The molecule has 2 aliphatic rings. The van der Waals surface area contributed by atoms with Crippen molar-refractivity contribution >= 4 is 23.2 Å². The van der Waals surface area contributed by atoms with Crippen molar-refractivity contribution in [3.05, 3.63) is 51.7 Å². The molecule has 2 aromatic rings. The smallest absolute Gasteiger partial charge is 0.242 e. The van der Waals surface area contributed by atoms with Gasteiger partial charge in [0.15, 0.2) is 0 Å². The molecule has 2 amide bonds. The van der Waals surface area contributed by atoms with E-state index < -0.39 is 0 Å². The van der Waals surface area contributed by atoms with Crippen LogP contribution in [0.25, 0.3) is 0 Å². The van der Waals surface area contributed by atoms with Crippen LogP contribution in [0.1, 0.15) is 81.3 Å². The van der Waals surface area contributed by atoms with Gasteiger partial charge in [-0.15, -0.1) is 11.3 Å². The van der Waals surface area contributed by atoms with Crippen LogP contribution in [0.3, 0.4) is 0 Å². The van der Waals surface area contributed by atoms with Crippen LogP contribution in [0.4, 0.5) is 0 Å². The Hall–Kier alpha value is -2.34. The maximum atomic E-state index is 13.7. The lowest BCUT2D eigenvalue weighted by atomic mass is 10.00. The number of carbonyl (C=O) groups is 2. The molecule has 1 aromatic carbocycles. The number of fused-ring (bicyclic) bond motifs is 1. The van der Waals surface area contributed by atoms with Crippen molar-refractivity contribution in [2.45, 2.75) is 71.8 Å². The minimum absolute atomic E-state index is 0.0256. The number of hydrogen-bond acceptors (Lipinski definition) is 4. The molecule has 2 heterocycles. The van der Waals surface area contributed by atoms with Crippen molar-refractivity contribution in [3.8, 4) is 5.75 Å². The molecule has 0 saturated heterocycles. The fourth-order valence-electron chi connectivity index (χ4n) is 5.36. The first-order valence-electron chi connectivity index (χ1n) is 13.2. The highest BCUT2D eigenvalue weighted by atomic mass is 32.1. The van der Waals surface area contributed by atoms with Gasteiger partial charge in [0, 0.05) is 23.9 Å². The number of rotatable bonds is 9. The molecule has 1 atom stereocenters. The molecule has 0 unspecified atom stereocenters. The van der Waals surface area contributed by atoms with Gasteiger partial charge < -0.3 is 14.5 Å². The van der Waals surface area contributed by atoms with Crippen LogP contribution in [0.2, 0.25) is 0 Å². The van der Waals surface area contributed by atoms with Gasteiger partial charge in [0.05, 0.1) is 12.6 Å². The summed E-state index contributed by atoms with van der Waals surface area (Å²) in [7, 11) is 0. The van der Waals surface area contributed by atoms with Crippen LogP contribution in [0.5, 0.6) is 5.75 Å². The topological polar surface area (TPSA) is 49.9 Å². The second kappa shape index (κ2) is 11.6. The van der Waals surface area contributed by atoms with Crippen LogP contribution >= 0.6 is 11.3 Å². The predicted molar refractivity (Wildman–Crippen MR) is 142 cm³/mol. The molecule has 1 aromatic heterocycles. The van der Waals surface area contributed by atoms with E-state index in [1.165, 1.54) is 16.0 Å². The molecule has 0 bridgehead atoms. The van der Waals surface area contributed by atoms with E-state index in [1.54, 1.807) is 11.3 Å². The molecule has 1 aliphatic carbocycles. The fraction of sp³-hybridized carbons (Fsp3) is 0.586. The normalized spacial score (nSPS) is 18.2. The average molecular weight is 497 g/mol. The Labute approximate surface area is 214 Å². The molecule has 0 spiro atoms. The third kappa shape index (κ3) is 6.27. The van der Waals surface area contributed by atoms with E-state index >= 15 is 0 Å². The van der Waals surface area contributed by atoms with Gasteiger partial charge in [-0.2, -0.15) is 0 Å². The van der Waals surface area contributed by atoms with Gasteiger partial charge in [0.1, 0.15) is 12.4 Å². The van der Waals surface area contributed by atoms with Crippen LogP contribution in [-0.4, -0.2) is 47.9 Å². The van der Waals surface area contributed by atoms with E-state index in [-0.39, 0.29) is 30.3 Å². The number of amides is 2. The average Bonchev–Trinajstić information content (AvgIpc) is 3.53. The Morgan fingerprint density at radius 3 is 2.46 bits per heavy atom. The maximum Gasteiger partial charge on any atom is 0.242 e. The SMILES string of the molecule is CC(C)CN(CC(=O)N1CCc2sccc2[C@@H]1COc1ccc(C(C)C)cc1)C(=O)C1CCCC1. The zero-order chi connectivity index (χ0) is 24.9. The Kier molecular flexibility index (Phi) is 8.53. The van der Waals surface area contributed by atoms with Crippen LogP contribution in [0, 0.1) is 11.8 Å². The molecule has 35 heavy (non-hydrogen) atoms. The summed E-state index contributed by atoms with van der Waals surface area (Å²) in [5.74, 6) is 1.89. The van der Waals surface area contributed by atoms with Crippen LogP contribution in [0.15, 0.2) is 35.7 Å². The van der Waals surface area contributed by atoms with E-state index in [4.69, 9.17) is 4.74 Å². The van der Waals surface area contributed by atoms with Crippen molar-refractivity contribution in [3.63, 3.8) is 0 Å². The summed E-state index contributed by atoms with van der Waals surface area (Å²) in [5.41, 5.74) is 2.47. The lowest BCUT2D eigenvalue weighted by molar-refractivity contribution is -0.145. The minimum atomic E-state index is -0.134. The third-order valence-electron chi connectivity index (χ3n) is 7.30.